The Morgan fingerprint density at radius 1 is 1.40 bits per heavy atom. The Hall–Kier alpha value is -1.71. The molecule has 82 valence electrons. The molecule has 0 saturated heterocycles. The second kappa shape index (κ2) is 3.81. The van der Waals surface area contributed by atoms with Crippen molar-refractivity contribution >= 4 is 17.3 Å². The van der Waals surface area contributed by atoms with Gasteiger partial charge in [0.25, 0.3) is 0 Å². The van der Waals surface area contributed by atoms with Crippen LogP contribution in [0, 0.1) is 6.92 Å². The number of benzene rings is 1. The van der Waals surface area contributed by atoms with Crippen LogP contribution < -0.4 is 11.5 Å². The molecule has 0 aliphatic rings. The Labute approximate surface area is 88.9 Å². The fraction of sp³-hybridized carbons (Fsp3) is 0.364. The summed E-state index contributed by atoms with van der Waals surface area (Å²) in [5.41, 5.74) is 14.1. The number of carboxylic acid groups (broad SMARTS) is 1. The Balaban J connectivity index is 3.58. The number of carboxylic acids is 1. The summed E-state index contributed by atoms with van der Waals surface area (Å²) < 4.78 is 0. The summed E-state index contributed by atoms with van der Waals surface area (Å²) in [6.45, 7) is 5.61. The molecule has 1 rings (SSSR count). The summed E-state index contributed by atoms with van der Waals surface area (Å²) in [5.74, 6) is -0.924. The molecule has 1 aromatic carbocycles. The van der Waals surface area contributed by atoms with E-state index in [0.29, 0.717) is 16.9 Å². The molecule has 15 heavy (non-hydrogen) atoms. The lowest BCUT2D eigenvalue weighted by molar-refractivity contribution is 0.0695. The van der Waals surface area contributed by atoms with Crippen LogP contribution in [0.3, 0.4) is 0 Å². The summed E-state index contributed by atoms with van der Waals surface area (Å²) in [6.07, 6.45) is 0. The minimum atomic E-state index is -0.989. The maximum atomic E-state index is 11.0. The molecule has 0 fully saturated rings. The molecule has 0 atom stereocenters. The third-order valence-electron chi connectivity index (χ3n) is 2.52. The summed E-state index contributed by atoms with van der Waals surface area (Å²) in [5, 5.41) is 9.04. The number of nitrogens with two attached hydrogens (primary N) is 2. The second-order valence-electron chi connectivity index (χ2n) is 3.93. The Morgan fingerprint density at radius 2 is 1.93 bits per heavy atom. The minimum Gasteiger partial charge on any atom is -0.478 e. The smallest absolute Gasteiger partial charge is 0.336 e. The highest BCUT2D eigenvalue weighted by Gasteiger charge is 2.18. The quantitative estimate of drug-likeness (QED) is 0.648. The molecule has 0 unspecified atom stereocenters. The monoisotopic (exact) mass is 208 g/mol. The molecule has 0 aromatic heterocycles. The third kappa shape index (κ3) is 1.88. The van der Waals surface area contributed by atoms with Crippen molar-refractivity contribution in [3.05, 3.63) is 22.8 Å². The van der Waals surface area contributed by atoms with Gasteiger partial charge in [0.15, 0.2) is 0 Å². The van der Waals surface area contributed by atoms with Crippen molar-refractivity contribution in [3.63, 3.8) is 0 Å². The Kier molecular flexibility index (Phi) is 2.88. The first kappa shape index (κ1) is 11.4. The average Bonchev–Trinajstić information content (AvgIpc) is 2.12. The average molecular weight is 208 g/mol. The van der Waals surface area contributed by atoms with Gasteiger partial charge in [-0.1, -0.05) is 13.8 Å². The van der Waals surface area contributed by atoms with E-state index in [0.717, 1.165) is 5.56 Å². The lowest BCUT2D eigenvalue weighted by Crippen LogP contribution is -2.10. The zero-order valence-corrected chi connectivity index (χ0v) is 9.16. The van der Waals surface area contributed by atoms with Crippen LogP contribution in [0.5, 0.6) is 0 Å². The van der Waals surface area contributed by atoms with Crippen LogP contribution in [-0.4, -0.2) is 11.1 Å². The highest BCUT2D eigenvalue weighted by atomic mass is 16.4. The van der Waals surface area contributed by atoms with Crippen LogP contribution in [0.15, 0.2) is 6.07 Å². The van der Waals surface area contributed by atoms with Gasteiger partial charge in [-0.3, -0.25) is 0 Å². The van der Waals surface area contributed by atoms with Gasteiger partial charge in [-0.2, -0.15) is 0 Å². The number of hydrogen-bond acceptors (Lipinski definition) is 3. The summed E-state index contributed by atoms with van der Waals surface area (Å²) >= 11 is 0. The van der Waals surface area contributed by atoms with E-state index >= 15 is 0 Å². The van der Waals surface area contributed by atoms with Crippen molar-refractivity contribution in [2.45, 2.75) is 26.7 Å². The zero-order valence-electron chi connectivity index (χ0n) is 9.16. The van der Waals surface area contributed by atoms with Gasteiger partial charge in [0, 0.05) is 11.4 Å². The molecular weight excluding hydrogens is 192 g/mol. The van der Waals surface area contributed by atoms with Crippen LogP contribution in [0.2, 0.25) is 0 Å². The second-order valence-corrected chi connectivity index (χ2v) is 3.93. The van der Waals surface area contributed by atoms with E-state index in [9.17, 15) is 4.79 Å². The third-order valence-corrected chi connectivity index (χ3v) is 2.52. The highest BCUT2D eigenvalue weighted by Crippen LogP contribution is 2.32. The maximum Gasteiger partial charge on any atom is 0.336 e. The van der Waals surface area contributed by atoms with Crippen LogP contribution in [-0.2, 0) is 0 Å². The molecule has 5 N–H and O–H groups in total. The van der Waals surface area contributed by atoms with Crippen LogP contribution in [0.4, 0.5) is 11.4 Å². The van der Waals surface area contributed by atoms with Crippen molar-refractivity contribution in [3.8, 4) is 0 Å². The minimum absolute atomic E-state index is 0.0652. The number of hydrogen-bond donors (Lipinski definition) is 3. The fourth-order valence-corrected chi connectivity index (χ4v) is 1.64. The standard InChI is InChI=1S/C11H16N2O2/c1-5(2)9-7(11(14)15)4-8(12)6(3)10(9)13/h4-5H,12-13H2,1-3H3,(H,14,15). The molecule has 0 aliphatic carbocycles. The van der Waals surface area contributed by atoms with Crippen LogP contribution in [0.1, 0.15) is 41.3 Å². The van der Waals surface area contributed by atoms with Crippen LogP contribution in [0.25, 0.3) is 0 Å². The van der Waals surface area contributed by atoms with E-state index < -0.39 is 5.97 Å². The van der Waals surface area contributed by atoms with Gasteiger partial charge in [-0.25, -0.2) is 4.79 Å². The van der Waals surface area contributed by atoms with E-state index in [1.165, 1.54) is 6.07 Å². The van der Waals surface area contributed by atoms with Gasteiger partial charge in [0.05, 0.1) is 5.56 Å². The first-order valence-corrected chi connectivity index (χ1v) is 4.78. The zero-order chi connectivity index (χ0) is 11.7. The topological polar surface area (TPSA) is 89.3 Å². The largest absolute Gasteiger partial charge is 0.478 e. The van der Waals surface area contributed by atoms with E-state index in [4.69, 9.17) is 16.6 Å². The molecular formula is C11H16N2O2. The fourth-order valence-electron chi connectivity index (χ4n) is 1.64. The lowest BCUT2D eigenvalue weighted by Gasteiger charge is -2.16. The molecule has 4 heteroatoms. The molecule has 1 aromatic rings. The van der Waals surface area contributed by atoms with E-state index in [1.54, 1.807) is 6.92 Å². The van der Waals surface area contributed by atoms with Crippen molar-refractivity contribution in [2.75, 3.05) is 11.5 Å². The Morgan fingerprint density at radius 3 is 2.33 bits per heavy atom. The van der Waals surface area contributed by atoms with E-state index in [1.807, 2.05) is 13.8 Å². The van der Waals surface area contributed by atoms with Crippen molar-refractivity contribution in [1.29, 1.82) is 0 Å². The molecule has 0 saturated carbocycles. The van der Waals surface area contributed by atoms with Gasteiger partial charge in [0.1, 0.15) is 0 Å². The van der Waals surface area contributed by atoms with Gasteiger partial charge < -0.3 is 16.6 Å². The SMILES string of the molecule is Cc1c(N)cc(C(=O)O)c(C(C)C)c1N. The van der Waals surface area contributed by atoms with Gasteiger partial charge >= 0.3 is 5.97 Å². The van der Waals surface area contributed by atoms with Crippen LogP contribution >= 0.6 is 0 Å². The predicted molar refractivity (Wildman–Crippen MR) is 61.1 cm³/mol. The normalized spacial score (nSPS) is 10.7. The molecule has 0 aliphatic heterocycles. The molecule has 0 amide bonds. The van der Waals surface area contributed by atoms with Gasteiger partial charge in [0.2, 0.25) is 0 Å². The first-order valence-electron chi connectivity index (χ1n) is 4.78. The lowest BCUT2D eigenvalue weighted by atomic mass is 9.92. The van der Waals surface area contributed by atoms with Gasteiger partial charge in [-0.05, 0) is 30.0 Å². The molecule has 4 nitrogen and oxygen atoms in total. The molecule has 0 radical (unpaired) electrons. The molecule has 0 bridgehead atoms. The number of nitrogen functional groups attached to an aromatic ring is 2. The summed E-state index contributed by atoms with van der Waals surface area (Å²) in [7, 11) is 0. The number of aromatic carboxylic acids is 1. The highest BCUT2D eigenvalue weighted by molar-refractivity contribution is 5.93. The van der Waals surface area contributed by atoms with E-state index in [-0.39, 0.29) is 11.5 Å². The predicted octanol–water partition coefficient (Wildman–Crippen LogP) is 1.98. The molecule has 0 heterocycles. The molecule has 0 spiro atoms. The summed E-state index contributed by atoms with van der Waals surface area (Å²) in [4.78, 5) is 11.0. The van der Waals surface area contributed by atoms with Crippen molar-refractivity contribution in [1.82, 2.24) is 0 Å². The summed E-state index contributed by atoms with van der Waals surface area (Å²) in [6, 6.07) is 1.48. The van der Waals surface area contributed by atoms with Crippen molar-refractivity contribution in [2.24, 2.45) is 0 Å². The van der Waals surface area contributed by atoms with Gasteiger partial charge in [-0.15, -0.1) is 0 Å². The first-order chi connectivity index (χ1) is 6.86. The number of rotatable bonds is 2. The Bertz CT molecular complexity index is 412. The maximum absolute atomic E-state index is 11.0. The number of carbonyl (C=O) groups is 1. The van der Waals surface area contributed by atoms with E-state index in [2.05, 4.69) is 0 Å². The number of anilines is 2. The van der Waals surface area contributed by atoms with Crippen molar-refractivity contribution < 1.29 is 9.90 Å².